The molecular weight excluding hydrogens is 304 g/mol. The van der Waals surface area contributed by atoms with Crippen molar-refractivity contribution in [1.82, 2.24) is 10.6 Å². The maximum Gasteiger partial charge on any atom is 0.242 e. The third-order valence-corrected chi connectivity index (χ3v) is 6.39. The second-order valence-electron chi connectivity index (χ2n) is 8.76. The highest BCUT2D eigenvalue weighted by Gasteiger charge is 2.55. The summed E-state index contributed by atoms with van der Waals surface area (Å²) in [5.41, 5.74) is -0.215. The van der Waals surface area contributed by atoms with Crippen LogP contribution in [-0.2, 0) is 9.59 Å². The number of hydrogen-bond donors (Lipinski definition) is 3. The molecule has 4 saturated carbocycles. The second kappa shape index (κ2) is 7.03. The van der Waals surface area contributed by atoms with Gasteiger partial charge < -0.3 is 15.7 Å². The molecule has 5 nitrogen and oxygen atoms in total. The molecule has 0 saturated heterocycles. The molecule has 0 spiro atoms. The minimum Gasteiger partial charge on any atom is -0.396 e. The van der Waals surface area contributed by atoms with Crippen LogP contribution in [-0.4, -0.2) is 36.1 Å². The van der Waals surface area contributed by atoms with Gasteiger partial charge in [0.1, 0.15) is 6.04 Å². The molecule has 2 amide bonds. The Morgan fingerprint density at radius 1 is 1.08 bits per heavy atom. The molecule has 3 N–H and O–H groups in total. The van der Waals surface area contributed by atoms with Crippen LogP contribution in [0, 0.1) is 29.1 Å². The average Bonchev–Trinajstić information content (AvgIpc) is 2.50. The van der Waals surface area contributed by atoms with Gasteiger partial charge in [-0.1, -0.05) is 13.8 Å². The van der Waals surface area contributed by atoms with Crippen LogP contribution in [0.3, 0.4) is 0 Å². The lowest BCUT2D eigenvalue weighted by Crippen LogP contribution is -2.58. The second-order valence-corrected chi connectivity index (χ2v) is 8.76. The maximum absolute atomic E-state index is 13.1. The van der Waals surface area contributed by atoms with Crippen molar-refractivity contribution in [3.05, 3.63) is 0 Å². The highest BCUT2D eigenvalue weighted by molar-refractivity contribution is 5.90. The van der Waals surface area contributed by atoms with Gasteiger partial charge in [-0.05, 0) is 68.6 Å². The lowest BCUT2D eigenvalue weighted by molar-refractivity contribution is -0.149. The lowest BCUT2D eigenvalue weighted by atomic mass is 9.49. The molecule has 0 aliphatic heterocycles. The van der Waals surface area contributed by atoms with E-state index in [4.69, 9.17) is 5.11 Å². The Balaban J connectivity index is 1.64. The molecule has 0 unspecified atom stereocenters. The largest absolute Gasteiger partial charge is 0.396 e. The van der Waals surface area contributed by atoms with E-state index >= 15 is 0 Å². The Bertz CT molecular complexity index is 454. The number of aliphatic hydroxyl groups excluding tert-OH is 1. The van der Waals surface area contributed by atoms with Crippen molar-refractivity contribution < 1.29 is 14.7 Å². The average molecular weight is 336 g/mol. The van der Waals surface area contributed by atoms with Crippen molar-refractivity contribution in [2.75, 3.05) is 13.2 Å². The molecule has 5 heteroatoms. The van der Waals surface area contributed by atoms with Crippen molar-refractivity contribution in [2.45, 2.75) is 64.8 Å². The minimum atomic E-state index is -0.482. The van der Waals surface area contributed by atoms with Crippen LogP contribution in [0.5, 0.6) is 0 Å². The molecule has 0 aromatic carbocycles. The first kappa shape index (κ1) is 17.7. The number of carbonyl (C=O) groups is 2. The predicted octanol–water partition coefficient (Wildman–Crippen LogP) is 1.84. The van der Waals surface area contributed by atoms with Crippen molar-refractivity contribution in [3.63, 3.8) is 0 Å². The van der Waals surface area contributed by atoms with Gasteiger partial charge in [-0.25, -0.2) is 0 Å². The van der Waals surface area contributed by atoms with E-state index in [0.717, 1.165) is 37.0 Å². The lowest BCUT2D eigenvalue weighted by Gasteiger charge is -2.55. The quantitative estimate of drug-likeness (QED) is 0.621. The van der Waals surface area contributed by atoms with Crippen LogP contribution in [0.2, 0.25) is 0 Å². The number of carbonyl (C=O) groups excluding carboxylic acids is 2. The van der Waals surface area contributed by atoms with Gasteiger partial charge in [-0.3, -0.25) is 9.59 Å². The Labute approximate surface area is 145 Å². The van der Waals surface area contributed by atoms with E-state index in [1.54, 1.807) is 0 Å². The van der Waals surface area contributed by atoms with Crippen molar-refractivity contribution in [3.8, 4) is 0 Å². The summed E-state index contributed by atoms with van der Waals surface area (Å²) < 4.78 is 0. The van der Waals surface area contributed by atoms with Crippen molar-refractivity contribution in [2.24, 2.45) is 29.1 Å². The summed E-state index contributed by atoms with van der Waals surface area (Å²) in [5.74, 6) is 2.19. The Hall–Kier alpha value is -1.10. The maximum atomic E-state index is 13.1. The van der Waals surface area contributed by atoms with Crippen LogP contribution in [0.4, 0.5) is 0 Å². The van der Waals surface area contributed by atoms with Gasteiger partial charge in [0.2, 0.25) is 11.8 Å². The molecule has 0 radical (unpaired) electrons. The van der Waals surface area contributed by atoms with E-state index in [0.29, 0.717) is 13.0 Å². The van der Waals surface area contributed by atoms with E-state index in [9.17, 15) is 9.59 Å². The zero-order chi connectivity index (χ0) is 17.3. The first-order valence-electron chi connectivity index (χ1n) is 9.63. The topological polar surface area (TPSA) is 78.4 Å². The molecular formula is C19H32N2O3. The molecule has 4 aliphatic rings. The Morgan fingerprint density at radius 2 is 1.62 bits per heavy atom. The highest BCUT2D eigenvalue weighted by Crippen LogP contribution is 2.60. The van der Waals surface area contributed by atoms with Gasteiger partial charge in [0.05, 0.1) is 0 Å². The molecule has 4 bridgehead atoms. The fourth-order valence-electron chi connectivity index (χ4n) is 5.62. The molecule has 0 aromatic heterocycles. The Morgan fingerprint density at radius 3 is 2.08 bits per heavy atom. The molecule has 24 heavy (non-hydrogen) atoms. The van der Waals surface area contributed by atoms with Crippen LogP contribution < -0.4 is 10.6 Å². The summed E-state index contributed by atoms with van der Waals surface area (Å²) in [5, 5.41) is 14.8. The zero-order valence-electron chi connectivity index (χ0n) is 15.0. The monoisotopic (exact) mass is 336 g/mol. The first-order valence-corrected chi connectivity index (χ1v) is 9.63. The summed E-state index contributed by atoms with van der Waals surface area (Å²) in [7, 11) is 0. The smallest absolute Gasteiger partial charge is 0.242 e. The summed E-state index contributed by atoms with van der Waals surface area (Å²) in [4.78, 5) is 25.5. The number of amides is 2. The molecule has 1 atom stereocenters. The van der Waals surface area contributed by atoms with Crippen LogP contribution in [0.25, 0.3) is 0 Å². The van der Waals surface area contributed by atoms with Gasteiger partial charge in [-0.2, -0.15) is 0 Å². The predicted molar refractivity (Wildman–Crippen MR) is 92.1 cm³/mol. The van der Waals surface area contributed by atoms with Gasteiger partial charge in [0, 0.05) is 18.6 Å². The van der Waals surface area contributed by atoms with Gasteiger partial charge >= 0.3 is 0 Å². The van der Waals surface area contributed by atoms with Gasteiger partial charge in [0.15, 0.2) is 0 Å². The first-order chi connectivity index (χ1) is 11.4. The fourth-order valence-corrected chi connectivity index (χ4v) is 5.62. The third-order valence-electron chi connectivity index (χ3n) is 6.39. The van der Waals surface area contributed by atoms with Crippen LogP contribution in [0.15, 0.2) is 0 Å². The molecule has 0 aromatic rings. The van der Waals surface area contributed by atoms with Gasteiger partial charge in [0.25, 0.3) is 0 Å². The number of rotatable bonds is 7. The standard InChI is InChI=1S/C19H32N2O3/c1-12(2)16(17(23)20-4-3-5-22)21-18(24)19-9-13-6-14(10-19)8-15(7-13)11-19/h12-16,22H,3-11H2,1-2H3,(H,20,23)(H,21,24)/t13?,14?,15?,16-,19?/m1/s1. The zero-order valence-corrected chi connectivity index (χ0v) is 15.0. The van der Waals surface area contributed by atoms with E-state index in [-0.39, 0.29) is 29.8 Å². The molecule has 0 heterocycles. The summed E-state index contributed by atoms with van der Waals surface area (Å²) in [6.07, 6.45) is 7.51. The third kappa shape index (κ3) is 3.46. The van der Waals surface area contributed by atoms with Crippen molar-refractivity contribution >= 4 is 11.8 Å². The van der Waals surface area contributed by atoms with Gasteiger partial charge in [-0.15, -0.1) is 0 Å². The molecule has 4 aliphatic carbocycles. The number of hydrogen-bond acceptors (Lipinski definition) is 3. The Kier molecular flexibility index (Phi) is 5.19. The minimum absolute atomic E-state index is 0.0528. The van der Waals surface area contributed by atoms with Crippen LogP contribution >= 0.6 is 0 Å². The van der Waals surface area contributed by atoms with Crippen molar-refractivity contribution in [1.29, 1.82) is 0 Å². The summed E-state index contributed by atoms with van der Waals surface area (Å²) in [6.45, 7) is 4.45. The SMILES string of the molecule is CC(C)[C@@H](NC(=O)C12CC3CC(CC(C3)C1)C2)C(=O)NCCCO. The molecule has 4 rings (SSSR count). The van der Waals surface area contributed by atoms with E-state index in [2.05, 4.69) is 10.6 Å². The summed E-state index contributed by atoms with van der Waals surface area (Å²) in [6, 6.07) is -0.482. The molecule has 136 valence electrons. The van der Waals surface area contributed by atoms with Crippen LogP contribution in [0.1, 0.15) is 58.8 Å². The number of aliphatic hydroxyl groups is 1. The van der Waals surface area contributed by atoms with E-state index in [1.807, 2.05) is 13.8 Å². The number of nitrogens with one attached hydrogen (secondary N) is 2. The summed E-state index contributed by atoms with van der Waals surface area (Å²) >= 11 is 0. The molecule has 4 fully saturated rings. The normalized spacial score (nSPS) is 35.1. The fraction of sp³-hybridized carbons (Fsp3) is 0.895. The van der Waals surface area contributed by atoms with E-state index in [1.165, 1.54) is 19.3 Å². The highest BCUT2D eigenvalue weighted by atomic mass is 16.3. The van der Waals surface area contributed by atoms with E-state index < -0.39 is 6.04 Å².